The average molecular weight is 294 g/mol. The number of likely N-dealkylation sites (tertiary alicyclic amines) is 1. The summed E-state index contributed by atoms with van der Waals surface area (Å²) in [6, 6.07) is 4.23. The third-order valence-electron chi connectivity index (χ3n) is 3.56. The summed E-state index contributed by atoms with van der Waals surface area (Å²) in [7, 11) is 1.40. The summed E-state index contributed by atoms with van der Waals surface area (Å²) in [6.45, 7) is 2.45. The molecule has 114 valence electrons. The van der Waals surface area contributed by atoms with Gasteiger partial charge in [-0.1, -0.05) is 6.07 Å². The molecule has 0 bridgehead atoms. The Hall–Kier alpha value is -2.11. The second-order valence-corrected chi connectivity index (χ2v) is 5.10. The van der Waals surface area contributed by atoms with Crippen LogP contribution in [-0.4, -0.2) is 36.9 Å². The van der Waals surface area contributed by atoms with E-state index < -0.39 is 5.82 Å². The number of hydrogen-bond acceptors (Lipinski definition) is 3. The number of carbonyl (C=O) groups excluding carboxylic acids is 2. The van der Waals surface area contributed by atoms with Crippen molar-refractivity contribution in [3.05, 3.63) is 29.6 Å². The molecule has 0 saturated carbocycles. The Kier molecular flexibility index (Phi) is 4.77. The molecule has 1 N–H and O–H groups in total. The molecule has 0 spiro atoms. The Morgan fingerprint density at radius 1 is 1.52 bits per heavy atom. The zero-order chi connectivity index (χ0) is 15.4. The van der Waals surface area contributed by atoms with Gasteiger partial charge in [0.15, 0.2) is 11.6 Å². The normalized spacial score (nSPS) is 16.0. The SMILES string of the molecule is COc1ccc(C(C)NC(=O)CN2CCCC2=O)cc1F. The fourth-order valence-corrected chi connectivity index (χ4v) is 2.37. The summed E-state index contributed by atoms with van der Waals surface area (Å²) < 4.78 is 18.5. The van der Waals surface area contributed by atoms with Crippen LogP contribution < -0.4 is 10.1 Å². The monoisotopic (exact) mass is 294 g/mol. The molecule has 2 amide bonds. The number of ether oxygens (including phenoxy) is 1. The van der Waals surface area contributed by atoms with Crippen LogP contribution in [0.4, 0.5) is 4.39 Å². The van der Waals surface area contributed by atoms with E-state index in [1.807, 2.05) is 0 Å². The molecule has 2 rings (SSSR count). The molecule has 1 aliphatic heterocycles. The van der Waals surface area contributed by atoms with Gasteiger partial charge in [-0.05, 0) is 31.0 Å². The molecule has 1 saturated heterocycles. The van der Waals surface area contributed by atoms with Gasteiger partial charge in [0.2, 0.25) is 11.8 Å². The van der Waals surface area contributed by atoms with E-state index in [0.717, 1.165) is 6.42 Å². The molecule has 6 heteroatoms. The van der Waals surface area contributed by atoms with Crippen LogP contribution in [0, 0.1) is 5.82 Å². The van der Waals surface area contributed by atoms with Crippen molar-refractivity contribution in [1.29, 1.82) is 0 Å². The van der Waals surface area contributed by atoms with Gasteiger partial charge < -0.3 is 15.0 Å². The Morgan fingerprint density at radius 2 is 2.29 bits per heavy atom. The van der Waals surface area contributed by atoms with Crippen LogP contribution in [0.3, 0.4) is 0 Å². The quantitative estimate of drug-likeness (QED) is 0.898. The lowest BCUT2D eigenvalue weighted by molar-refractivity contribution is -0.133. The lowest BCUT2D eigenvalue weighted by Gasteiger charge is -2.19. The molecular formula is C15H19FN2O3. The fraction of sp³-hybridized carbons (Fsp3) is 0.467. The van der Waals surface area contributed by atoms with Crippen molar-refractivity contribution in [1.82, 2.24) is 10.2 Å². The zero-order valence-electron chi connectivity index (χ0n) is 12.2. The summed E-state index contributed by atoms with van der Waals surface area (Å²) in [5.74, 6) is -0.534. The van der Waals surface area contributed by atoms with E-state index in [0.29, 0.717) is 18.5 Å². The maximum absolute atomic E-state index is 13.6. The summed E-state index contributed by atoms with van der Waals surface area (Å²) in [4.78, 5) is 24.9. The van der Waals surface area contributed by atoms with Crippen LogP contribution in [0.15, 0.2) is 18.2 Å². The van der Waals surface area contributed by atoms with Crippen LogP contribution in [0.5, 0.6) is 5.75 Å². The van der Waals surface area contributed by atoms with Crippen molar-refractivity contribution in [2.24, 2.45) is 0 Å². The molecule has 5 nitrogen and oxygen atoms in total. The van der Waals surface area contributed by atoms with E-state index >= 15 is 0 Å². The van der Waals surface area contributed by atoms with Crippen LogP contribution >= 0.6 is 0 Å². The largest absolute Gasteiger partial charge is 0.494 e. The van der Waals surface area contributed by atoms with Gasteiger partial charge in [-0.15, -0.1) is 0 Å². The fourth-order valence-electron chi connectivity index (χ4n) is 2.37. The summed E-state index contributed by atoms with van der Waals surface area (Å²) >= 11 is 0. The minimum absolute atomic E-state index is 0.00768. The number of hydrogen-bond donors (Lipinski definition) is 1. The number of rotatable bonds is 5. The molecule has 21 heavy (non-hydrogen) atoms. The Balaban J connectivity index is 1.94. The second kappa shape index (κ2) is 6.56. The minimum Gasteiger partial charge on any atom is -0.494 e. The molecule has 0 radical (unpaired) electrons. The van der Waals surface area contributed by atoms with Crippen molar-refractivity contribution in [2.45, 2.75) is 25.8 Å². The summed E-state index contributed by atoms with van der Waals surface area (Å²) in [5.41, 5.74) is 0.648. The van der Waals surface area contributed by atoms with Crippen LogP contribution in [-0.2, 0) is 9.59 Å². The Bertz CT molecular complexity index is 548. The highest BCUT2D eigenvalue weighted by Crippen LogP contribution is 2.21. The van der Waals surface area contributed by atoms with Crippen LogP contribution in [0.2, 0.25) is 0 Å². The molecule has 1 unspecified atom stereocenters. The first-order chi connectivity index (χ1) is 10.0. The van der Waals surface area contributed by atoms with Gasteiger partial charge in [0.05, 0.1) is 19.7 Å². The minimum atomic E-state index is -0.467. The third kappa shape index (κ3) is 3.71. The maximum Gasteiger partial charge on any atom is 0.240 e. The zero-order valence-corrected chi connectivity index (χ0v) is 12.2. The maximum atomic E-state index is 13.6. The topological polar surface area (TPSA) is 58.6 Å². The standard InChI is InChI=1S/C15H19FN2O3/c1-10(11-5-6-13(21-2)12(16)8-11)17-14(19)9-18-7-3-4-15(18)20/h5-6,8,10H,3-4,7,9H2,1-2H3,(H,17,19). The van der Waals surface area contributed by atoms with Gasteiger partial charge in [0.1, 0.15) is 0 Å². The smallest absolute Gasteiger partial charge is 0.240 e. The number of carbonyl (C=O) groups is 2. The van der Waals surface area contributed by atoms with E-state index in [4.69, 9.17) is 4.74 Å². The molecule has 0 aromatic heterocycles. The van der Waals surface area contributed by atoms with Crippen molar-refractivity contribution < 1.29 is 18.7 Å². The average Bonchev–Trinajstić information content (AvgIpc) is 2.84. The highest BCUT2D eigenvalue weighted by molar-refractivity contribution is 5.86. The number of amides is 2. The van der Waals surface area contributed by atoms with E-state index in [1.165, 1.54) is 24.1 Å². The Labute approximate surface area is 123 Å². The highest BCUT2D eigenvalue weighted by Gasteiger charge is 2.23. The third-order valence-corrected chi connectivity index (χ3v) is 3.56. The first-order valence-corrected chi connectivity index (χ1v) is 6.92. The highest BCUT2D eigenvalue weighted by atomic mass is 19.1. The molecule has 1 aromatic rings. The van der Waals surface area contributed by atoms with E-state index in [2.05, 4.69) is 5.32 Å². The lowest BCUT2D eigenvalue weighted by atomic mass is 10.1. The molecule has 1 heterocycles. The first kappa shape index (κ1) is 15.3. The van der Waals surface area contributed by atoms with Gasteiger partial charge in [-0.3, -0.25) is 9.59 Å². The predicted molar refractivity (Wildman–Crippen MR) is 75.3 cm³/mol. The summed E-state index contributed by atoms with van der Waals surface area (Å²) in [6.07, 6.45) is 1.30. The molecule has 1 fully saturated rings. The number of nitrogens with zero attached hydrogens (tertiary/aromatic N) is 1. The molecule has 1 aliphatic rings. The number of methoxy groups -OCH3 is 1. The second-order valence-electron chi connectivity index (χ2n) is 5.10. The van der Waals surface area contributed by atoms with E-state index in [9.17, 15) is 14.0 Å². The lowest BCUT2D eigenvalue weighted by Crippen LogP contribution is -2.38. The van der Waals surface area contributed by atoms with Gasteiger partial charge in [-0.2, -0.15) is 0 Å². The summed E-state index contributed by atoms with van der Waals surface area (Å²) in [5, 5.41) is 2.77. The van der Waals surface area contributed by atoms with E-state index in [-0.39, 0.29) is 30.2 Å². The number of halogens is 1. The van der Waals surface area contributed by atoms with Gasteiger partial charge >= 0.3 is 0 Å². The number of nitrogens with one attached hydrogen (secondary N) is 1. The van der Waals surface area contributed by atoms with Crippen molar-refractivity contribution in [3.63, 3.8) is 0 Å². The van der Waals surface area contributed by atoms with Crippen LogP contribution in [0.1, 0.15) is 31.4 Å². The molecule has 1 aromatic carbocycles. The van der Waals surface area contributed by atoms with Gasteiger partial charge in [-0.25, -0.2) is 4.39 Å². The molecule has 0 aliphatic carbocycles. The molecule has 1 atom stereocenters. The first-order valence-electron chi connectivity index (χ1n) is 6.92. The van der Waals surface area contributed by atoms with E-state index in [1.54, 1.807) is 13.0 Å². The van der Waals surface area contributed by atoms with Crippen LogP contribution in [0.25, 0.3) is 0 Å². The number of benzene rings is 1. The van der Waals surface area contributed by atoms with Gasteiger partial charge in [0, 0.05) is 13.0 Å². The molecular weight excluding hydrogens is 275 g/mol. The Morgan fingerprint density at radius 3 is 2.86 bits per heavy atom. The predicted octanol–water partition coefficient (Wildman–Crippen LogP) is 1.63. The van der Waals surface area contributed by atoms with Crippen molar-refractivity contribution >= 4 is 11.8 Å². The van der Waals surface area contributed by atoms with Gasteiger partial charge in [0.25, 0.3) is 0 Å². The van der Waals surface area contributed by atoms with Crippen molar-refractivity contribution in [3.8, 4) is 5.75 Å². The van der Waals surface area contributed by atoms with Crippen molar-refractivity contribution in [2.75, 3.05) is 20.2 Å².